The monoisotopic (exact) mass is 399 g/mol. The highest BCUT2D eigenvalue weighted by atomic mass is 16.6. The first kappa shape index (κ1) is 20.2. The third-order valence-corrected chi connectivity index (χ3v) is 4.56. The van der Waals surface area contributed by atoms with Crippen LogP contribution in [0.15, 0.2) is 33.8 Å². The Morgan fingerprint density at radius 1 is 1.34 bits per heavy atom. The molecule has 0 fully saturated rings. The van der Waals surface area contributed by atoms with Gasteiger partial charge >= 0.3 is 5.97 Å². The molecule has 3 rings (SSSR count). The zero-order valence-electron chi connectivity index (χ0n) is 16.2. The zero-order valence-corrected chi connectivity index (χ0v) is 16.2. The second-order valence-corrected chi connectivity index (χ2v) is 6.65. The van der Waals surface area contributed by atoms with E-state index < -0.39 is 16.8 Å². The molecule has 0 saturated heterocycles. The standard InChI is InChI=1S/C20H21N3O6/c1-3-10-28-20(25)18-12(2)17-15(8-5-9-16(17)29-18)21-22-19(24)13-6-4-7-14(11-13)23(26)27/h4,6-7,11H,3,5,8-10H2,1-2H3,(H,22,24)/b21-15+. The Morgan fingerprint density at radius 2 is 2.14 bits per heavy atom. The van der Waals surface area contributed by atoms with Gasteiger partial charge in [0, 0.05) is 35.2 Å². The molecule has 2 aromatic rings. The fourth-order valence-corrected chi connectivity index (χ4v) is 3.18. The molecule has 29 heavy (non-hydrogen) atoms. The minimum absolute atomic E-state index is 0.132. The number of rotatable bonds is 6. The molecule has 1 aromatic heterocycles. The molecule has 1 heterocycles. The number of hydrogen-bond donors (Lipinski definition) is 1. The van der Waals surface area contributed by atoms with Crippen LogP contribution in [0.5, 0.6) is 0 Å². The van der Waals surface area contributed by atoms with Gasteiger partial charge in [0.1, 0.15) is 5.76 Å². The summed E-state index contributed by atoms with van der Waals surface area (Å²) in [5.74, 6) is -0.278. The van der Waals surface area contributed by atoms with E-state index in [2.05, 4.69) is 10.5 Å². The maximum atomic E-state index is 12.4. The van der Waals surface area contributed by atoms with Crippen LogP contribution in [0.2, 0.25) is 0 Å². The molecule has 152 valence electrons. The van der Waals surface area contributed by atoms with Crippen LogP contribution in [-0.4, -0.2) is 29.1 Å². The van der Waals surface area contributed by atoms with Gasteiger partial charge in [0.15, 0.2) is 0 Å². The summed E-state index contributed by atoms with van der Waals surface area (Å²) in [5, 5.41) is 15.1. The van der Waals surface area contributed by atoms with Gasteiger partial charge < -0.3 is 9.15 Å². The lowest BCUT2D eigenvalue weighted by Crippen LogP contribution is -2.22. The molecule has 0 aliphatic heterocycles. The summed E-state index contributed by atoms with van der Waals surface area (Å²) < 4.78 is 10.9. The molecular weight excluding hydrogens is 378 g/mol. The molecule has 9 nitrogen and oxygen atoms in total. The van der Waals surface area contributed by atoms with Crippen LogP contribution < -0.4 is 5.43 Å². The third kappa shape index (κ3) is 4.34. The van der Waals surface area contributed by atoms with Crippen LogP contribution in [0, 0.1) is 17.0 Å². The van der Waals surface area contributed by atoms with E-state index in [1.807, 2.05) is 6.92 Å². The van der Waals surface area contributed by atoms with Crippen molar-refractivity contribution in [3.8, 4) is 0 Å². The lowest BCUT2D eigenvalue weighted by atomic mass is 9.93. The van der Waals surface area contributed by atoms with Crippen molar-refractivity contribution in [2.24, 2.45) is 5.10 Å². The predicted octanol–water partition coefficient (Wildman–Crippen LogP) is 3.53. The summed E-state index contributed by atoms with van der Waals surface area (Å²) >= 11 is 0. The zero-order chi connectivity index (χ0) is 21.0. The molecule has 9 heteroatoms. The highest BCUT2D eigenvalue weighted by molar-refractivity contribution is 6.06. The first-order valence-corrected chi connectivity index (χ1v) is 9.33. The Morgan fingerprint density at radius 3 is 2.86 bits per heavy atom. The Hall–Kier alpha value is -3.49. The summed E-state index contributed by atoms with van der Waals surface area (Å²) in [6.45, 7) is 3.97. The van der Waals surface area contributed by atoms with E-state index >= 15 is 0 Å². The lowest BCUT2D eigenvalue weighted by molar-refractivity contribution is -0.384. The third-order valence-electron chi connectivity index (χ3n) is 4.56. The van der Waals surface area contributed by atoms with Crippen LogP contribution in [0.1, 0.15) is 64.0 Å². The van der Waals surface area contributed by atoms with Crippen LogP contribution in [0.25, 0.3) is 0 Å². The average molecular weight is 399 g/mol. The highest BCUT2D eigenvalue weighted by Gasteiger charge is 2.28. The van der Waals surface area contributed by atoms with Gasteiger partial charge in [-0.15, -0.1) is 0 Å². The van der Waals surface area contributed by atoms with Crippen molar-refractivity contribution < 1.29 is 23.7 Å². The number of benzene rings is 1. The molecule has 0 atom stereocenters. The molecule has 0 radical (unpaired) electrons. The van der Waals surface area contributed by atoms with E-state index in [0.717, 1.165) is 6.42 Å². The molecule has 0 bridgehead atoms. The second kappa shape index (κ2) is 8.68. The summed E-state index contributed by atoms with van der Waals surface area (Å²) in [7, 11) is 0. The van der Waals surface area contributed by atoms with Gasteiger partial charge in [-0.1, -0.05) is 13.0 Å². The van der Waals surface area contributed by atoms with Gasteiger partial charge in [-0.2, -0.15) is 5.10 Å². The van der Waals surface area contributed by atoms with Crippen LogP contribution in [0.4, 0.5) is 5.69 Å². The number of nitro groups is 1. The topological polar surface area (TPSA) is 124 Å². The Labute approximate surface area is 166 Å². The van der Waals surface area contributed by atoms with E-state index in [1.54, 1.807) is 6.92 Å². The number of esters is 1. The van der Waals surface area contributed by atoms with Crippen molar-refractivity contribution in [1.29, 1.82) is 0 Å². The number of hydrazone groups is 1. The lowest BCUT2D eigenvalue weighted by Gasteiger charge is -2.13. The largest absolute Gasteiger partial charge is 0.460 e. The average Bonchev–Trinajstić information content (AvgIpc) is 3.07. The molecular formula is C20H21N3O6. The molecule has 1 aromatic carbocycles. The van der Waals surface area contributed by atoms with Crippen molar-refractivity contribution in [1.82, 2.24) is 5.43 Å². The molecule has 1 N–H and O–H groups in total. The minimum atomic E-state index is -0.565. The number of non-ortho nitro benzene ring substituents is 1. The summed E-state index contributed by atoms with van der Waals surface area (Å²) in [6.07, 6.45) is 2.73. The maximum absolute atomic E-state index is 12.4. The fraction of sp³-hybridized carbons (Fsp3) is 0.350. The van der Waals surface area contributed by atoms with Gasteiger partial charge in [-0.3, -0.25) is 14.9 Å². The normalized spacial score (nSPS) is 14.3. The van der Waals surface area contributed by atoms with Crippen LogP contribution >= 0.6 is 0 Å². The molecule has 1 aliphatic rings. The molecule has 0 saturated carbocycles. The first-order valence-electron chi connectivity index (χ1n) is 9.33. The summed E-state index contributed by atoms with van der Waals surface area (Å²) in [6, 6.07) is 5.41. The number of amides is 1. The van der Waals surface area contributed by atoms with E-state index in [1.165, 1.54) is 24.3 Å². The smallest absolute Gasteiger partial charge is 0.374 e. The van der Waals surface area contributed by atoms with Gasteiger partial charge in [-0.25, -0.2) is 10.2 Å². The predicted molar refractivity (Wildman–Crippen MR) is 104 cm³/mol. The minimum Gasteiger partial charge on any atom is -0.460 e. The number of ether oxygens (including phenoxy) is 1. The van der Waals surface area contributed by atoms with Crippen molar-refractivity contribution in [2.45, 2.75) is 39.5 Å². The number of nitrogens with one attached hydrogen (secondary N) is 1. The number of carbonyl (C=O) groups is 2. The van der Waals surface area contributed by atoms with Crippen LogP contribution in [-0.2, 0) is 11.2 Å². The first-order chi connectivity index (χ1) is 13.9. The van der Waals surface area contributed by atoms with Crippen molar-refractivity contribution >= 4 is 23.3 Å². The van der Waals surface area contributed by atoms with Crippen molar-refractivity contribution in [3.05, 3.63) is 62.6 Å². The van der Waals surface area contributed by atoms with E-state index in [9.17, 15) is 19.7 Å². The highest BCUT2D eigenvalue weighted by Crippen LogP contribution is 2.30. The number of furan rings is 1. The maximum Gasteiger partial charge on any atom is 0.374 e. The van der Waals surface area contributed by atoms with Crippen molar-refractivity contribution in [2.75, 3.05) is 6.61 Å². The van der Waals surface area contributed by atoms with Crippen LogP contribution in [0.3, 0.4) is 0 Å². The number of hydrogen-bond acceptors (Lipinski definition) is 7. The van der Waals surface area contributed by atoms with Crippen molar-refractivity contribution in [3.63, 3.8) is 0 Å². The number of fused-ring (bicyclic) bond motifs is 1. The number of nitro benzene ring substituents is 1. The molecule has 0 unspecified atom stereocenters. The van der Waals surface area contributed by atoms with E-state index in [0.29, 0.717) is 48.5 Å². The summed E-state index contributed by atoms with van der Waals surface area (Å²) in [5.41, 5.74) is 4.34. The molecule has 1 aliphatic carbocycles. The Bertz CT molecular complexity index is 992. The Balaban J connectivity index is 1.83. The SMILES string of the molecule is CCCOC(=O)c1oc2c(c1C)/C(=N/NC(=O)c1cccc([N+](=O)[O-])c1)CCC2. The van der Waals surface area contributed by atoms with E-state index in [4.69, 9.17) is 9.15 Å². The summed E-state index contributed by atoms with van der Waals surface area (Å²) in [4.78, 5) is 34.9. The molecule has 1 amide bonds. The van der Waals surface area contributed by atoms with Gasteiger partial charge in [0.05, 0.1) is 17.2 Å². The number of carbonyl (C=O) groups excluding carboxylic acids is 2. The quantitative estimate of drug-likeness (QED) is 0.450. The van der Waals surface area contributed by atoms with Gasteiger partial charge in [0.25, 0.3) is 11.6 Å². The van der Waals surface area contributed by atoms with Gasteiger partial charge in [-0.05, 0) is 32.3 Å². The molecule has 0 spiro atoms. The fourth-order valence-electron chi connectivity index (χ4n) is 3.18. The van der Waals surface area contributed by atoms with Gasteiger partial charge in [0.2, 0.25) is 5.76 Å². The number of aryl methyl sites for hydroxylation is 1. The van der Waals surface area contributed by atoms with E-state index in [-0.39, 0.29) is 17.0 Å². The second-order valence-electron chi connectivity index (χ2n) is 6.65. The Kier molecular flexibility index (Phi) is 6.06. The number of nitrogens with zero attached hydrogens (tertiary/aromatic N) is 2.